The standard InChI is InChI=1S/C26H37N5O.HI/c1-22(23-9-5-3-6-10-23)29-26(13-19-32-20-14-26)21-28-25(27-2)31-17-15-30(16-18-31)24-11-7-4-8-12-24;/h3-12,22,29H,13-21H2,1-2H3,(H,27,28);1H. The Morgan fingerprint density at radius 1 is 0.970 bits per heavy atom. The van der Waals surface area contributed by atoms with Crippen molar-refractivity contribution in [1.82, 2.24) is 15.5 Å². The Balaban J connectivity index is 0.00000306. The first kappa shape index (κ1) is 25.8. The first-order chi connectivity index (χ1) is 15.7. The second kappa shape index (κ2) is 12.6. The number of hydrogen-bond acceptors (Lipinski definition) is 4. The van der Waals surface area contributed by atoms with Gasteiger partial charge >= 0.3 is 0 Å². The van der Waals surface area contributed by atoms with Gasteiger partial charge in [-0.2, -0.15) is 0 Å². The third kappa shape index (κ3) is 6.83. The molecule has 7 heteroatoms. The smallest absolute Gasteiger partial charge is 0.193 e. The van der Waals surface area contributed by atoms with E-state index in [2.05, 4.69) is 93.0 Å². The van der Waals surface area contributed by atoms with E-state index >= 15 is 0 Å². The molecule has 1 unspecified atom stereocenters. The fraction of sp³-hybridized carbons (Fsp3) is 0.500. The molecule has 2 fully saturated rings. The van der Waals surface area contributed by atoms with Crippen molar-refractivity contribution >= 4 is 35.6 Å². The molecule has 4 rings (SSSR count). The predicted octanol–water partition coefficient (Wildman–Crippen LogP) is 3.90. The maximum atomic E-state index is 5.70. The predicted molar refractivity (Wildman–Crippen MR) is 148 cm³/mol. The molecule has 2 saturated heterocycles. The molecular weight excluding hydrogens is 525 g/mol. The number of hydrogen-bond donors (Lipinski definition) is 2. The molecule has 2 aliphatic heterocycles. The third-order valence-electron chi connectivity index (χ3n) is 6.77. The Morgan fingerprint density at radius 3 is 2.18 bits per heavy atom. The summed E-state index contributed by atoms with van der Waals surface area (Å²) in [5.74, 6) is 0.998. The summed E-state index contributed by atoms with van der Waals surface area (Å²) in [6.07, 6.45) is 1.99. The maximum absolute atomic E-state index is 5.70. The van der Waals surface area contributed by atoms with Crippen molar-refractivity contribution in [1.29, 1.82) is 0 Å². The van der Waals surface area contributed by atoms with E-state index in [0.29, 0.717) is 0 Å². The molecular formula is C26H38IN5O. The largest absolute Gasteiger partial charge is 0.381 e. The zero-order valence-electron chi connectivity index (χ0n) is 19.9. The summed E-state index contributed by atoms with van der Waals surface area (Å²) in [6.45, 7) is 8.65. The SMILES string of the molecule is CN=C(NCC1(NC(C)c2ccccc2)CCOCC1)N1CCN(c2ccccc2)CC1.I. The number of piperazine rings is 1. The second-order valence-corrected chi connectivity index (χ2v) is 8.88. The van der Waals surface area contributed by atoms with Crippen molar-refractivity contribution < 1.29 is 4.74 Å². The lowest BCUT2D eigenvalue weighted by Crippen LogP contribution is -2.60. The van der Waals surface area contributed by atoms with Crippen LogP contribution in [0.5, 0.6) is 0 Å². The quantitative estimate of drug-likeness (QED) is 0.317. The molecule has 33 heavy (non-hydrogen) atoms. The Kier molecular flexibility index (Phi) is 9.82. The van der Waals surface area contributed by atoms with E-state index in [1.54, 1.807) is 0 Å². The Bertz CT molecular complexity index is 850. The van der Waals surface area contributed by atoms with Crippen molar-refractivity contribution in [3.63, 3.8) is 0 Å². The van der Waals surface area contributed by atoms with Gasteiger partial charge in [0.1, 0.15) is 0 Å². The molecule has 2 aliphatic rings. The van der Waals surface area contributed by atoms with E-state index in [0.717, 1.165) is 64.7 Å². The molecule has 0 bridgehead atoms. The summed E-state index contributed by atoms with van der Waals surface area (Å²) in [5, 5.41) is 7.64. The highest BCUT2D eigenvalue weighted by Crippen LogP contribution is 2.25. The lowest BCUT2D eigenvalue weighted by Gasteiger charge is -2.42. The minimum Gasteiger partial charge on any atom is -0.381 e. The van der Waals surface area contributed by atoms with Gasteiger partial charge in [0.2, 0.25) is 0 Å². The van der Waals surface area contributed by atoms with Gasteiger partial charge in [-0.1, -0.05) is 48.5 Å². The van der Waals surface area contributed by atoms with Crippen molar-refractivity contribution in [2.24, 2.45) is 4.99 Å². The molecule has 2 heterocycles. The van der Waals surface area contributed by atoms with E-state index in [-0.39, 0.29) is 35.6 Å². The van der Waals surface area contributed by atoms with E-state index in [9.17, 15) is 0 Å². The number of rotatable bonds is 6. The Morgan fingerprint density at radius 2 is 1.58 bits per heavy atom. The monoisotopic (exact) mass is 563 g/mol. The number of anilines is 1. The number of benzene rings is 2. The zero-order valence-corrected chi connectivity index (χ0v) is 22.2. The summed E-state index contributed by atoms with van der Waals surface area (Å²) in [7, 11) is 1.89. The van der Waals surface area contributed by atoms with Crippen LogP contribution in [-0.4, -0.2) is 69.4 Å². The van der Waals surface area contributed by atoms with Gasteiger partial charge in [0.15, 0.2) is 5.96 Å². The Labute approximate surface area is 215 Å². The van der Waals surface area contributed by atoms with Gasteiger partial charge in [0.25, 0.3) is 0 Å². The number of halogens is 1. The van der Waals surface area contributed by atoms with Crippen LogP contribution in [0, 0.1) is 0 Å². The van der Waals surface area contributed by atoms with Gasteiger partial charge < -0.3 is 25.2 Å². The summed E-state index contributed by atoms with van der Waals surface area (Å²) < 4.78 is 5.70. The van der Waals surface area contributed by atoms with Gasteiger partial charge in [0.05, 0.1) is 0 Å². The van der Waals surface area contributed by atoms with Crippen LogP contribution in [0.25, 0.3) is 0 Å². The van der Waals surface area contributed by atoms with Crippen molar-refractivity contribution in [2.45, 2.75) is 31.3 Å². The molecule has 2 aromatic carbocycles. The van der Waals surface area contributed by atoms with Crippen molar-refractivity contribution in [3.05, 3.63) is 66.2 Å². The van der Waals surface area contributed by atoms with Crippen LogP contribution in [0.3, 0.4) is 0 Å². The molecule has 0 aromatic heterocycles. The second-order valence-electron chi connectivity index (χ2n) is 8.88. The fourth-order valence-corrected chi connectivity index (χ4v) is 4.81. The van der Waals surface area contributed by atoms with Crippen LogP contribution in [-0.2, 0) is 4.74 Å². The number of nitrogens with zero attached hydrogens (tertiary/aromatic N) is 3. The molecule has 0 saturated carbocycles. The number of ether oxygens (including phenoxy) is 1. The first-order valence-electron chi connectivity index (χ1n) is 11.9. The van der Waals surface area contributed by atoms with Crippen LogP contribution in [0.15, 0.2) is 65.7 Å². The normalized spacial score (nSPS) is 19.5. The van der Waals surface area contributed by atoms with Crippen LogP contribution < -0.4 is 15.5 Å². The van der Waals surface area contributed by atoms with E-state index in [1.807, 2.05) is 7.05 Å². The summed E-state index contributed by atoms with van der Waals surface area (Å²) >= 11 is 0. The van der Waals surface area contributed by atoms with E-state index in [4.69, 9.17) is 4.74 Å². The van der Waals surface area contributed by atoms with Crippen LogP contribution >= 0.6 is 24.0 Å². The van der Waals surface area contributed by atoms with E-state index < -0.39 is 0 Å². The molecule has 2 N–H and O–H groups in total. The molecule has 0 radical (unpaired) electrons. The van der Waals surface area contributed by atoms with Gasteiger partial charge in [0, 0.05) is 70.3 Å². The number of para-hydroxylation sites is 1. The number of guanidine groups is 1. The lowest BCUT2D eigenvalue weighted by molar-refractivity contribution is 0.0352. The minimum absolute atomic E-state index is 0. The zero-order chi connectivity index (χ0) is 22.2. The van der Waals surface area contributed by atoms with Gasteiger partial charge in [-0.15, -0.1) is 24.0 Å². The van der Waals surface area contributed by atoms with E-state index in [1.165, 1.54) is 11.3 Å². The first-order valence-corrected chi connectivity index (χ1v) is 11.9. The molecule has 0 amide bonds. The topological polar surface area (TPSA) is 52.1 Å². The Hall–Kier alpha value is -1.84. The molecule has 1 atom stereocenters. The van der Waals surface area contributed by atoms with Gasteiger partial charge in [-0.25, -0.2) is 0 Å². The summed E-state index contributed by atoms with van der Waals surface area (Å²) in [5.41, 5.74) is 2.62. The highest BCUT2D eigenvalue weighted by atomic mass is 127. The molecule has 180 valence electrons. The maximum Gasteiger partial charge on any atom is 0.193 e. The van der Waals surface area contributed by atoms with Gasteiger partial charge in [-0.3, -0.25) is 4.99 Å². The fourth-order valence-electron chi connectivity index (χ4n) is 4.81. The highest BCUT2D eigenvalue weighted by Gasteiger charge is 2.34. The van der Waals surface area contributed by atoms with Crippen molar-refractivity contribution in [3.8, 4) is 0 Å². The number of nitrogens with one attached hydrogen (secondary N) is 2. The lowest BCUT2D eigenvalue weighted by atomic mass is 9.88. The summed E-state index contributed by atoms with van der Waals surface area (Å²) in [4.78, 5) is 9.45. The molecule has 0 aliphatic carbocycles. The average molecular weight is 564 g/mol. The molecule has 2 aromatic rings. The van der Waals surface area contributed by atoms with Crippen LogP contribution in [0.1, 0.15) is 31.4 Å². The van der Waals surface area contributed by atoms with Crippen molar-refractivity contribution in [2.75, 3.05) is 57.9 Å². The third-order valence-corrected chi connectivity index (χ3v) is 6.77. The average Bonchev–Trinajstić information content (AvgIpc) is 2.86. The highest BCUT2D eigenvalue weighted by molar-refractivity contribution is 14.0. The molecule has 6 nitrogen and oxygen atoms in total. The minimum atomic E-state index is -0.00465. The van der Waals surface area contributed by atoms with Gasteiger partial charge in [-0.05, 0) is 37.5 Å². The molecule has 0 spiro atoms. The van der Waals surface area contributed by atoms with Crippen LogP contribution in [0.2, 0.25) is 0 Å². The number of aliphatic imine (C=N–C) groups is 1. The van der Waals surface area contributed by atoms with Crippen LogP contribution in [0.4, 0.5) is 5.69 Å². The summed E-state index contributed by atoms with van der Waals surface area (Å²) in [6, 6.07) is 21.7.